The Balaban J connectivity index is 1.87. The predicted molar refractivity (Wildman–Crippen MR) is 95.6 cm³/mol. The molecule has 0 amide bonds. The number of phenols is 1. The molecule has 4 rings (SSSR count). The summed E-state index contributed by atoms with van der Waals surface area (Å²) in [4.78, 5) is 0. The Hall–Kier alpha value is -2.60. The molecule has 0 saturated carbocycles. The van der Waals surface area contributed by atoms with Crippen molar-refractivity contribution in [3.63, 3.8) is 0 Å². The fraction of sp³-hybridized carbons (Fsp3) is 0.167. The monoisotopic (exact) mass is 336 g/mol. The van der Waals surface area contributed by atoms with Gasteiger partial charge in [-0.1, -0.05) is 47.7 Å². The molecule has 0 spiro atoms. The molecule has 0 bridgehead atoms. The van der Waals surface area contributed by atoms with Gasteiger partial charge in [-0.05, 0) is 32.0 Å². The van der Waals surface area contributed by atoms with Crippen molar-refractivity contribution in [3.8, 4) is 17.1 Å². The number of benzene rings is 2. The molecule has 2 aromatic carbocycles. The number of hydrogen-bond acceptors (Lipinski definition) is 5. The average molecular weight is 336 g/mol. The maximum atomic E-state index is 10.2. The van der Waals surface area contributed by atoms with Gasteiger partial charge in [-0.15, -0.1) is 10.2 Å². The van der Waals surface area contributed by atoms with Crippen LogP contribution in [-0.4, -0.2) is 30.9 Å². The normalized spacial score (nSPS) is 16.6. The van der Waals surface area contributed by atoms with Crippen LogP contribution in [0.5, 0.6) is 5.75 Å². The zero-order valence-electron chi connectivity index (χ0n) is 13.3. The topological polar surface area (TPSA) is 63.3 Å². The minimum atomic E-state index is 0.0837. The SMILES string of the molecule is Cc1cccc(-c2nnc3n2N=C(c2ccccc2O)[C@@H](C)S3)c1. The lowest BCUT2D eigenvalue weighted by molar-refractivity contribution is 0.474. The zero-order valence-corrected chi connectivity index (χ0v) is 14.2. The van der Waals surface area contributed by atoms with Crippen molar-refractivity contribution < 1.29 is 5.11 Å². The number of aromatic nitrogens is 3. The molecule has 0 unspecified atom stereocenters. The summed E-state index contributed by atoms with van der Waals surface area (Å²) < 4.78 is 1.77. The van der Waals surface area contributed by atoms with Crippen LogP contribution in [0.15, 0.2) is 58.8 Å². The molecule has 1 N–H and O–H groups in total. The third kappa shape index (κ3) is 2.49. The van der Waals surface area contributed by atoms with Crippen molar-refractivity contribution in [3.05, 3.63) is 59.7 Å². The number of thioether (sulfide) groups is 1. The lowest BCUT2D eigenvalue weighted by Crippen LogP contribution is -2.21. The van der Waals surface area contributed by atoms with Gasteiger partial charge in [-0.25, -0.2) is 0 Å². The fourth-order valence-corrected chi connectivity index (χ4v) is 3.68. The lowest BCUT2D eigenvalue weighted by Gasteiger charge is -2.20. The molecule has 3 aromatic rings. The molecule has 5 nitrogen and oxygen atoms in total. The van der Waals surface area contributed by atoms with Gasteiger partial charge in [-0.2, -0.15) is 9.78 Å². The van der Waals surface area contributed by atoms with Crippen molar-refractivity contribution in [1.29, 1.82) is 0 Å². The van der Waals surface area contributed by atoms with Crippen molar-refractivity contribution >= 4 is 17.5 Å². The Morgan fingerprint density at radius 3 is 2.71 bits per heavy atom. The number of para-hydroxylation sites is 1. The van der Waals surface area contributed by atoms with Gasteiger partial charge in [-0.3, -0.25) is 0 Å². The third-order valence-electron chi connectivity index (χ3n) is 3.94. The molecule has 2 heterocycles. The third-order valence-corrected chi connectivity index (χ3v) is 4.99. The van der Waals surface area contributed by atoms with Gasteiger partial charge in [0.15, 0.2) is 5.82 Å². The molecule has 120 valence electrons. The minimum absolute atomic E-state index is 0.0837. The van der Waals surface area contributed by atoms with Crippen LogP contribution in [0.1, 0.15) is 18.1 Å². The molecule has 0 radical (unpaired) electrons. The smallest absolute Gasteiger partial charge is 0.213 e. The first-order chi connectivity index (χ1) is 11.6. The van der Waals surface area contributed by atoms with Crippen LogP contribution in [0.4, 0.5) is 0 Å². The van der Waals surface area contributed by atoms with Crippen molar-refractivity contribution in [2.24, 2.45) is 5.10 Å². The van der Waals surface area contributed by atoms with Gasteiger partial charge < -0.3 is 5.11 Å². The van der Waals surface area contributed by atoms with Crippen LogP contribution in [0.2, 0.25) is 0 Å². The van der Waals surface area contributed by atoms with Crippen LogP contribution in [0, 0.1) is 6.92 Å². The van der Waals surface area contributed by atoms with E-state index in [1.807, 2.05) is 43.3 Å². The molecule has 1 atom stereocenters. The summed E-state index contributed by atoms with van der Waals surface area (Å²) >= 11 is 1.59. The minimum Gasteiger partial charge on any atom is -0.507 e. The summed E-state index contributed by atoms with van der Waals surface area (Å²) in [5, 5.41) is 24.4. The molecule has 1 aliphatic rings. The quantitative estimate of drug-likeness (QED) is 0.775. The number of phenolic OH excluding ortho intramolecular Hbond substituents is 1. The second-order valence-electron chi connectivity index (χ2n) is 5.75. The molecule has 0 aliphatic carbocycles. The van der Waals surface area contributed by atoms with Gasteiger partial charge in [0.05, 0.1) is 11.0 Å². The second-order valence-corrected chi connectivity index (χ2v) is 7.06. The maximum absolute atomic E-state index is 10.2. The molecule has 0 fully saturated rings. The summed E-state index contributed by atoms with van der Waals surface area (Å²) in [6.07, 6.45) is 0. The van der Waals surface area contributed by atoms with Crippen LogP contribution < -0.4 is 0 Å². The molecule has 6 heteroatoms. The van der Waals surface area contributed by atoms with E-state index in [0.29, 0.717) is 5.82 Å². The highest BCUT2D eigenvalue weighted by Crippen LogP contribution is 2.34. The van der Waals surface area contributed by atoms with Crippen molar-refractivity contribution in [1.82, 2.24) is 14.9 Å². The number of aromatic hydroxyl groups is 1. The Morgan fingerprint density at radius 2 is 1.92 bits per heavy atom. The highest BCUT2D eigenvalue weighted by atomic mass is 32.2. The van der Waals surface area contributed by atoms with E-state index in [2.05, 4.69) is 23.2 Å². The van der Waals surface area contributed by atoms with E-state index in [-0.39, 0.29) is 11.0 Å². The number of aryl methyl sites for hydroxylation is 1. The summed E-state index contributed by atoms with van der Waals surface area (Å²) in [7, 11) is 0. The highest BCUT2D eigenvalue weighted by Gasteiger charge is 2.27. The lowest BCUT2D eigenvalue weighted by atomic mass is 10.1. The highest BCUT2D eigenvalue weighted by molar-refractivity contribution is 8.00. The molecular weight excluding hydrogens is 320 g/mol. The van der Waals surface area contributed by atoms with Gasteiger partial charge in [0.2, 0.25) is 5.16 Å². The number of nitrogens with zero attached hydrogens (tertiary/aromatic N) is 4. The van der Waals surface area contributed by atoms with E-state index < -0.39 is 0 Å². The zero-order chi connectivity index (χ0) is 16.7. The van der Waals surface area contributed by atoms with Gasteiger partial charge >= 0.3 is 0 Å². The van der Waals surface area contributed by atoms with E-state index in [9.17, 15) is 5.11 Å². The van der Waals surface area contributed by atoms with Crippen LogP contribution >= 0.6 is 11.8 Å². The number of hydrogen-bond donors (Lipinski definition) is 1. The van der Waals surface area contributed by atoms with E-state index in [0.717, 1.165) is 27.6 Å². The summed E-state index contributed by atoms with van der Waals surface area (Å²) in [5.74, 6) is 0.943. The van der Waals surface area contributed by atoms with Gasteiger partial charge in [0, 0.05) is 11.1 Å². The molecule has 0 saturated heterocycles. The summed E-state index contributed by atoms with van der Waals surface area (Å²) in [5.41, 5.74) is 3.70. The fourth-order valence-electron chi connectivity index (χ4n) is 2.76. The van der Waals surface area contributed by atoms with E-state index in [4.69, 9.17) is 5.10 Å². The molecule has 24 heavy (non-hydrogen) atoms. The first-order valence-corrected chi connectivity index (χ1v) is 8.58. The van der Waals surface area contributed by atoms with Crippen LogP contribution in [0.3, 0.4) is 0 Å². The number of fused-ring (bicyclic) bond motifs is 1. The second kappa shape index (κ2) is 5.79. The van der Waals surface area contributed by atoms with Crippen LogP contribution in [0.25, 0.3) is 11.4 Å². The number of rotatable bonds is 2. The molecule has 1 aliphatic heterocycles. The Kier molecular flexibility index (Phi) is 3.61. The van der Waals surface area contributed by atoms with Crippen molar-refractivity contribution in [2.75, 3.05) is 0 Å². The van der Waals surface area contributed by atoms with E-state index >= 15 is 0 Å². The molecule has 1 aromatic heterocycles. The average Bonchev–Trinajstić information content (AvgIpc) is 2.97. The predicted octanol–water partition coefficient (Wildman–Crippen LogP) is 3.71. The first kappa shape index (κ1) is 15.0. The largest absolute Gasteiger partial charge is 0.507 e. The standard InChI is InChI=1S/C18H16N4OS/c1-11-6-5-7-13(10-11)17-19-20-18-22(17)21-16(12(2)24-18)14-8-3-4-9-15(14)23/h3-10,12,23H,1-2H3/t12-/m1/s1. The van der Waals surface area contributed by atoms with Gasteiger partial charge in [0.1, 0.15) is 5.75 Å². The van der Waals surface area contributed by atoms with Gasteiger partial charge in [0.25, 0.3) is 0 Å². The first-order valence-electron chi connectivity index (χ1n) is 7.70. The van der Waals surface area contributed by atoms with E-state index in [1.165, 1.54) is 0 Å². The Morgan fingerprint density at radius 1 is 1.08 bits per heavy atom. The summed E-state index contributed by atoms with van der Waals surface area (Å²) in [6.45, 7) is 4.10. The van der Waals surface area contributed by atoms with E-state index in [1.54, 1.807) is 22.5 Å². The Labute approximate surface area is 144 Å². The molecular formula is C18H16N4OS. The Bertz CT molecular complexity index is 948. The van der Waals surface area contributed by atoms with Crippen molar-refractivity contribution in [2.45, 2.75) is 24.3 Å². The van der Waals surface area contributed by atoms with Crippen LogP contribution in [-0.2, 0) is 0 Å². The maximum Gasteiger partial charge on any atom is 0.213 e. The summed E-state index contributed by atoms with van der Waals surface area (Å²) in [6, 6.07) is 15.4.